The summed E-state index contributed by atoms with van der Waals surface area (Å²) in [4.78, 5) is 2.12. The highest BCUT2D eigenvalue weighted by atomic mass is 19.1. The van der Waals surface area contributed by atoms with Gasteiger partial charge in [0.05, 0.1) is 29.7 Å². The lowest BCUT2D eigenvalue weighted by molar-refractivity contribution is 0.0825. The number of hydrogen-bond donors (Lipinski definition) is 1. The summed E-state index contributed by atoms with van der Waals surface area (Å²) in [6.07, 6.45) is 0.229. The fourth-order valence-electron chi connectivity index (χ4n) is 3.32. The van der Waals surface area contributed by atoms with E-state index in [-0.39, 0.29) is 5.82 Å². The fourth-order valence-corrected chi connectivity index (χ4v) is 3.32. The van der Waals surface area contributed by atoms with Gasteiger partial charge in [0.2, 0.25) is 5.88 Å². The molecular weight excluding hydrogens is 397 g/mol. The van der Waals surface area contributed by atoms with Crippen molar-refractivity contribution >= 4 is 0 Å². The van der Waals surface area contributed by atoms with Crippen molar-refractivity contribution in [3.05, 3.63) is 71.7 Å². The maximum Gasteiger partial charge on any atom is 0.227 e. The lowest BCUT2D eigenvalue weighted by Gasteiger charge is -2.24. The maximum atomic E-state index is 13.8. The van der Waals surface area contributed by atoms with Crippen LogP contribution in [0, 0.1) is 12.7 Å². The van der Waals surface area contributed by atoms with Crippen molar-refractivity contribution in [1.29, 1.82) is 0 Å². The van der Waals surface area contributed by atoms with E-state index in [9.17, 15) is 9.50 Å². The van der Waals surface area contributed by atoms with Crippen molar-refractivity contribution in [2.45, 2.75) is 32.9 Å². The molecule has 3 rings (SSSR count). The van der Waals surface area contributed by atoms with E-state index in [4.69, 9.17) is 14.6 Å². The van der Waals surface area contributed by atoms with Gasteiger partial charge in [0.15, 0.2) is 0 Å². The van der Waals surface area contributed by atoms with E-state index in [0.29, 0.717) is 44.3 Å². The molecule has 2 aromatic carbocycles. The Labute approximate surface area is 182 Å². The average Bonchev–Trinajstić information content (AvgIpc) is 3.07. The summed E-state index contributed by atoms with van der Waals surface area (Å²) in [5.74, 6) is 0.562. The summed E-state index contributed by atoms with van der Waals surface area (Å²) >= 11 is 0. The second kappa shape index (κ2) is 11.0. The van der Waals surface area contributed by atoms with E-state index < -0.39 is 6.10 Å². The van der Waals surface area contributed by atoms with Gasteiger partial charge in [-0.3, -0.25) is 4.90 Å². The first kappa shape index (κ1) is 22.9. The second-order valence-corrected chi connectivity index (χ2v) is 7.47. The number of hydrogen-bond acceptors (Lipinski definition) is 5. The molecule has 0 aliphatic rings. The van der Waals surface area contributed by atoms with E-state index >= 15 is 0 Å². The summed E-state index contributed by atoms with van der Waals surface area (Å²) in [6, 6.07) is 15.7. The van der Waals surface area contributed by atoms with Crippen LogP contribution in [0.5, 0.6) is 11.6 Å². The molecule has 166 valence electrons. The van der Waals surface area contributed by atoms with E-state index in [1.165, 1.54) is 12.1 Å². The smallest absolute Gasteiger partial charge is 0.227 e. The minimum atomic E-state index is -0.436. The van der Waals surface area contributed by atoms with Crippen LogP contribution in [0.4, 0.5) is 4.39 Å². The molecule has 0 fully saturated rings. The van der Waals surface area contributed by atoms with Gasteiger partial charge in [-0.05, 0) is 37.6 Å². The fraction of sp³-hybridized carbons (Fsp3) is 0.375. The minimum Gasteiger partial charge on any atom is -0.438 e. The summed E-state index contributed by atoms with van der Waals surface area (Å²) in [6.45, 7) is 6.11. The Kier molecular flexibility index (Phi) is 8.17. The Morgan fingerprint density at radius 1 is 1.16 bits per heavy atom. The zero-order valence-electron chi connectivity index (χ0n) is 18.3. The number of aliphatic hydroxyl groups excluding tert-OH is 1. The zero-order valence-corrected chi connectivity index (χ0v) is 18.3. The molecule has 31 heavy (non-hydrogen) atoms. The third-order valence-corrected chi connectivity index (χ3v) is 5.08. The summed E-state index contributed by atoms with van der Waals surface area (Å²) in [5, 5.41) is 14.9. The molecule has 0 saturated carbocycles. The molecule has 1 N–H and O–H groups in total. The average molecular weight is 428 g/mol. The van der Waals surface area contributed by atoms with Gasteiger partial charge in [0.25, 0.3) is 0 Å². The largest absolute Gasteiger partial charge is 0.438 e. The van der Waals surface area contributed by atoms with Gasteiger partial charge in [0.1, 0.15) is 11.6 Å². The van der Waals surface area contributed by atoms with Gasteiger partial charge < -0.3 is 14.6 Å². The normalized spacial score (nSPS) is 12.3. The molecule has 0 bridgehead atoms. The Morgan fingerprint density at radius 3 is 2.61 bits per heavy atom. The number of aromatic nitrogens is 2. The van der Waals surface area contributed by atoms with Crippen LogP contribution in [0.25, 0.3) is 5.69 Å². The molecule has 7 heteroatoms. The highest BCUT2D eigenvalue weighted by Crippen LogP contribution is 2.32. The quantitative estimate of drug-likeness (QED) is 0.494. The molecule has 0 unspecified atom stereocenters. The Balaban J connectivity index is 2.00. The summed E-state index contributed by atoms with van der Waals surface area (Å²) in [7, 11) is 1.66. The van der Waals surface area contributed by atoms with E-state index in [1.807, 2.05) is 44.2 Å². The van der Waals surface area contributed by atoms with Crippen LogP contribution < -0.4 is 4.74 Å². The summed E-state index contributed by atoms with van der Waals surface area (Å²) in [5.41, 5.74) is 2.54. The minimum absolute atomic E-state index is 0.366. The zero-order chi connectivity index (χ0) is 22.2. The number of benzene rings is 2. The first-order valence-electron chi connectivity index (χ1n) is 10.5. The Hall–Kier alpha value is -2.74. The molecular formula is C24H30FN3O3. The lowest BCUT2D eigenvalue weighted by Crippen LogP contribution is -2.34. The number of aryl methyl sites for hydroxylation is 1. The van der Waals surface area contributed by atoms with Gasteiger partial charge in [-0.2, -0.15) is 5.10 Å². The number of nitrogens with zero attached hydrogens (tertiary/aromatic N) is 3. The van der Waals surface area contributed by atoms with Gasteiger partial charge in [0, 0.05) is 32.8 Å². The molecule has 0 aliphatic carbocycles. The molecule has 0 aliphatic heterocycles. The topological polar surface area (TPSA) is 59.8 Å². The van der Waals surface area contributed by atoms with Gasteiger partial charge >= 0.3 is 0 Å². The highest BCUT2D eigenvalue weighted by molar-refractivity contribution is 5.43. The van der Waals surface area contributed by atoms with Crippen LogP contribution in [-0.2, 0) is 11.3 Å². The number of methoxy groups -OCH3 is 1. The highest BCUT2D eigenvalue weighted by Gasteiger charge is 2.22. The predicted octanol–water partition coefficient (Wildman–Crippen LogP) is 4.33. The molecule has 1 atom stereocenters. The van der Waals surface area contributed by atoms with Crippen LogP contribution in [-0.4, -0.2) is 52.7 Å². The number of rotatable bonds is 11. The molecule has 1 aromatic heterocycles. The SMILES string of the molecule is CC[C@@H](O)CN(CCOC)Cc1c(C)nn(-c2ccccc2)c1Oc1cccc(F)c1. The standard InChI is InChI=1S/C24H30FN3O3/c1-4-21(29)16-27(13-14-30-3)17-23-18(2)26-28(20-10-6-5-7-11-20)24(23)31-22-12-8-9-19(25)15-22/h5-12,15,21,29H,4,13-14,16-17H2,1-3H3/t21-/m1/s1. The first-order chi connectivity index (χ1) is 15.0. The third-order valence-electron chi connectivity index (χ3n) is 5.08. The third kappa shape index (κ3) is 6.13. The molecule has 0 spiro atoms. The van der Waals surface area contributed by atoms with Crippen molar-refractivity contribution in [2.24, 2.45) is 0 Å². The number of halogens is 1. The number of aliphatic hydroxyl groups is 1. The van der Waals surface area contributed by atoms with E-state index in [0.717, 1.165) is 16.9 Å². The van der Waals surface area contributed by atoms with E-state index in [2.05, 4.69) is 4.90 Å². The molecule has 0 radical (unpaired) electrons. The first-order valence-corrected chi connectivity index (χ1v) is 10.5. The Bertz CT molecular complexity index is 962. The molecule has 6 nitrogen and oxygen atoms in total. The van der Waals surface area contributed by atoms with Crippen LogP contribution in [0.1, 0.15) is 24.6 Å². The van der Waals surface area contributed by atoms with Crippen molar-refractivity contribution in [3.8, 4) is 17.3 Å². The monoisotopic (exact) mass is 427 g/mol. The van der Waals surface area contributed by atoms with Crippen LogP contribution >= 0.6 is 0 Å². The number of ether oxygens (including phenoxy) is 2. The van der Waals surface area contributed by atoms with E-state index in [1.54, 1.807) is 23.9 Å². The maximum absolute atomic E-state index is 13.8. The summed E-state index contributed by atoms with van der Waals surface area (Å²) < 4.78 is 26.9. The second-order valence-electron chi connectivity index (χ2n) is 7.47. The van der Waals surface area contributed by atoms with Crippen LogP contribution in [0.2, 0.25) is 0 Å². The predicted molar refractivity (Wildman–Crippen MR) is 118 cm³/mol. The van der Waals surface area contributed by atoms with Crippen molar-refractivity contribution < 1.29 is 19.0 Å². The van der Waals surface area contributed by atoms with Gasteiger partial charge in [-0.1, -0.05) is 31.2 Å². The number of para-hydroxylation sites is 1. The van der Waals surface area contributed by atoms with Gasteiger partial charge in [-0.15, -0.1) is 0 Å². The van der Waals surface area contributed by atoms with Crippen molar-refractivity contribution in [1.82, 2.24) is 14.7 Å². The van der Waals surface area contributed by atoms with Gasteiger partial charge in [-0.25, -0.2) is 9.07 Å². The lowest BCUT2D eigenvalue weighted by atomic mass is 10.2. The Morgan fingerprint density at radius 2 is 1.94 bits per heavy atom. The van der Waals surface area contributed by atoms with Crippen LogP contribution in [0.3, 0.4) is 0 Å². The molecule has 3 aromatic rings. The van der Waals surface area contributed by atoms with Crippen molar-refractivity contribution in [2.75, 3.05) is 26.8 Å². The van der Waals surface area contributed by atoms with Crippen molar-refractivity contribution in [3.63, 3.8) is 0 Å². The molecule has 1 heterocycles. The van der Waals surface area contributed by atoms with Crippen LogP contribution in [0.15, 0.2) is 54.6 Å². The molecule has 0 amide bonds. The molecule has 0 saturated heterocycles.